The maximum atomic E-state index is 4.34. The van der Waals surface area contributed by atoms with Crippen LogP contribution >= 0.6 is 0 Å². The molecule has 0 saturated heterocycles. The van der Waals surface area contributed by atoms with Gasteiger partial charge >= 0.3 is 0 Å². The number of aryl methyl sites for hydroxylation is 1. The van der Waals surface area contributed by atoms with E-state index in [0.717, 1.165) is 11.6 Å². The van der Waals surface area contributed by atoms with Crippen LogP contribution in [0.5, 0.6) is 0 Å². The molecule has 0 unspecified atom stereocenters. The zero-order chi connectivity index (χ0) is 11.7. The van der Waals surface area contributed by atoms with Crippen molar-refractivity contribution in [2.75, 3.05) is 0 Å². The van der Waals surface area contributed by atoms with Crippen molar-refractivity contribution < 1.29 is 0 Å². The van der Waals surface area contributed by atoms with Crippen LogP contribution in [0.2, 0.25) is 0 Å². The molecule has 1 aromatic carbocycles. The van der Waals surface area contributed by atoms with Crippen LogP contribution in [-0.4, -0.2) is 19.1 Å². The Balaban J connectivity index is 2.10. The molecule has 0 amide bonds. The summed E-state index contributed by atoms with van der Waals surface area (Å²) in [6.07, 6.45) is 9.10. The lowest BCUT2D eigenvalue weighted by Crippen LogP contribution is -2.02. The van der Waals surface area contributed by atoms with E-state index in [1.807, 2.05) is 21.5 Å². The van der Waals surface area contributed by atoms with Gasteiger partial charge in [0.1, 0.15) is 6.33 Å². The fraction of sp³-hybridized carbons (Fsp3) is 0.0769. The second-order valence-electron chi connectivity index (χ2n) is 3.90. The smallest absolute Gasteiger partial charge is 0.219 e. The van der Waals surface area contributed by atoms with E-state index in [2.05, 4.69) is 41.2 Å². The van der Waals surface area contributed by atoms with Crippen LogP contribution in [0, 0.1) is 6.92 Å². The van der Waals surface area contributed by atoms with Gasteiger partial charge in [-0.25, -0.2) is 9.97 Å². The molecular weight excluding hydrogens is 212 g/mol. The minimum atomic E-state index is 0.839. The maximum absolute atomic E-state index is 4.34. The number of imidazole rings is 2. The Morgan fingerprint density at radius 2 is 1.82 bits per heavy atom. The first-order valence-corrected chi connectivity index (χ1v) is 5.43. The molecular formula is C13H12N4. The van der Waals surface area contributed by atoms with Crippen LogP contribution < -0.4 is 0 Å². The van der Waals surface area contributed by atoms with Crippen LogP contribution in [0.4, 0.5) is 0 Å². The molecule has 2 heterocycles. The zero-order valence-electron chi connectivity index (χ0n) is 9.49. The SMILES string of the molecule is Cc1ccc(-n2ccnc2-n2ccnc2)cc1. The van der Waals surface area contributed by atoms with Gasteiger partial charge < -0.3 is 0 Å². The van der Waals surface area contributed by atoms with Crippen molar-refractivity contribution in [2.24, 2.45) is 0 Å². The molecule has 4 heteroatoms. The standard InChI is InChI=1S/C13H12N4/c1-11-2-4-12(5-3-11)17-9-7-15-13(17)16-8-6-14-10-16/h2-10H,1H3. The number of rotatable bonds is 2. The van der Waals surface area contributed by atoms with E-state index in [-0.39, 0.29) is 0 Å². The van der Waals surface area contributed by atoms with Crippen molar-refractivity contribution in [2.45, 2.75) is 6.92 Å². The Morgan fingerprint density at radius 1 is 1.00 bits per heavy atom. The van der Waals surface area contributed by atoms with E-state index in [0.29, 0.717) is 0 Å². The van der Waals surface area contributed by atoms with Crippen molar-refractivity contribution in [1.82, 2.24) is 19.1 Å². The molecule has 0 aliphatic heterocycles. The van der Waals surface area contributed by atoms with E-state index in [9.17, 15) is 0 Å². The summed E-state index contributed by atoms with van der Waals surface area (Å²) in [5.41, 5.74) is 2.34. The fourth-order valence-corrected chi connectivity index (χ4v) is 1.77. The van der Waals surface area contributed by atoms with Gasteiger partial charge in [-0.1, -0.05) is 17.7 Å². The molecule has 0 bridgehead atoms. The fourth-order valence-electron chi connectivity index (χ4n) is 1.77. The molecule has 0 atom stereocenters. The van der Waals surface area contributed by atoms with E-state index in [1.54, 1.807) is 18.7 Å². The summed E-state index contributed by atoms with van der Waals surface area (Å²) in [5, 5.41) is 0. The van der Waals surface area contributed by atoms with E-state index in [4.69, 9.17) is 0 Å². The first-order valence-electron chi connectivity index (χ1n) is 5.43. The maximum Gasteiger partial charge on any atom is 0.219 e. The minimum absolute atomic E-state index is 0.839. The second kappa shape index (κ2) is 3.90. The third-order valence-electron chi connectivity index (χ3n) is 2.67. The summed E-state index contributed by atoms with van der Waals surface area (Å²) in [7, 11) is 0. The number of hydrogen-bond donors (Lipinski definition) is 0. The number of nitrogens with zero attached hydrogens (tertiary/aromatic N) is 4. The average molecular weight is 224 g/mol. The Labute approximate surface area is 99.2 Å². The lowest BCUT2D eigenvalue weighted by molar-refractivity contribution is 0.888. The van der Waals surface area contributed by atoms with Crippen molar-refractivity contribution in [1.29, 1.82) is 0 Å². The highest BCUT2D eigenvalue weighted by Crippen LogP contribution is 2.14. The first kappa shape index (κ1) is 9.84. The van der Waals surface area contributed by atoms with Crippen LogP contribution in [0.15, 0.2) is 55.4 Å². The largest absolute Gasteiger partial charge is 0.286 e. The summed E-state index contributed by atoms with van der Waals surface area (Å²) in [4.78, 5) is 8.38. The van der Waals surface area contributed by atoms with Crippen molar-refractivity contribution >= 4 is 0 Å². The van der Waals surface area contributed by atoms with Gasteiger partial charge in [0, 0.05) is 30.5 Å². The minimum Gasteiger partial charge on any atom is -0.286 e. The van der Waals surface area contributed by atoms with Gasteiger partial charge in [0.05, 0.1) is 0 Å². The van der Waals surface area contributed by atoms with Crippen molar-refractivity contribution in [3.05, 3.63) is 60.9 Å². The van der Waals surface area contributed by atoms with Gasteiger partial charge in [-0.05, 0) is 19.1 Å². The van der Waals surface area contributed by atoms with Crippen LogP contribution in [0.3, 0.4) is 0 Å². The molecule has 17 heavy (non-hydrogen) atoms. The molecule has 3 aromatic rings. The predicted octanol–water partition coefficient (Wildman–Crippen LogP) is 2.37. The van der Waals surface area contributed by atoms with Crippen LogP contribution in [0.1, 0.15) is 5.56 Å². The Kier molecular flexibility index (Phi) is 2.26. The molecule has 0 aliphatic carbocycles. The number of benzene rings is 1. The molecule has 0 fully saturated rings. The van der Waals surface area contributed by atoms with E-state index >= 15 is 0 Å². The van der Waals surface area contributed by atoms with Crippen molar-refractivity contribution in [3.8, 4) is 11.6 Å². The lowest BCUT2D eigenvalue weighted by Gasteiger charge is -2.08. The molecule has 0 radical (unpaired) electrons. The highest BCUT2D eigenvalue weighted by Gasteiger charge is 2.05. The molecule has 0 spiro atoms. The quantitative estimate of drug-likeness (QED) is 0.670. The summed E-state index contributed by atoms with van der Waals surface area (Å²) in [6.45, 7) is 2.08. The summed E-state index contributed by atoms with van der Waals surface area (Å²) < 4.78 is 3.92. The predicted molar refractivity (Wildman–Crippen MR) is 65.4 cm³/mol. The van der Waals surface area contributed by atoms with Crippen LogP contribution in [0.25, 0.3) is 11.6 Å². The van der Waals surface area contributed by atoms with Gasteiger partial charge in [0.25, 0.3) is 0 Å². The third-order valence-corrected chi connectivity index (χ3v) is 2.67. The summed E-state index contributed by atoms with van der Waals surface area (Å²) in [6, 6.07) is 8.34. The number of hydrogen-bond acceptors (Lipinski definition) is 2. The summed E-state index contributed by atoms with van der Waals surface area (Å²) >= 11 is 0. The summed E-state index contributed by atoms with van der Waals surface area (Å²) in [5.74, 6) is 0.839. The Morgan fingerprint density at radius 3 is 2.53 bits per heavy atom. The van der Waals surface area contributed by atoms with Gasteiger partial charge in [0.2, 0.25) is 5.95 Å². The van der Waals surface area contributed by atoms with E-state index in [1.165, 1.54) is 5.56 Å². The van der Waals surface area contributed by atoms with Crippen LogP contribution in [-0.2, 0) is 0 Å². The molecule has 0 aliphatic rings. The topological polar surface area (TPSA) is 35.6 Å². The zero-order valence-corrected chi connectivity index (χ0v) is 9.49. The third kappa shape index (κ3) is 1.73. The van der Waals surface area contributed by atoms with Crippen molar-refractivity contribution in [3.63, 3.8) is 0 Å². The molecule has 0 N–H and O–H groups in total. The highest BCUT2D eigenvalue weighted by atomic mass is 15.2. The van der Waals surface area contributed by atoms with E-state index < -0.39 is 0 Å². The Hall–Kier alpha value is -2.36. The number of aromatic nitrogens is 4. The van der Waals surface area contributed by atoms with Gasteiger partial charge in [-0.15, -0.1) is 0 Å². The Bertz CT molecular complexity index is 605. The average Bonchev–Trinajstić information content (AvgIpc) is 3.00. The van der Waals surface area contributed by atoms with Gasteiger partial charge in [-0.2, -0.15) is 0 Å². The normalized spacial score (nSPS) is 10.6. The second-order valence-corrected chi connectivity index (χ2v) is 3.90. The first-order chi connectivity index (χ1) is 8.34. The monoisotopic (exact) mass is 224 g/mol. The molecule has 84 valence electrons. The van der Waals surface area contributed by atoms with Gasteiger partial charge in [-0.3, -0.25) is 9.13 Å². The molecule has 2 aromatic heterocycles. The highest BCUT2D eigenvalue weighted by molar-refractivity contribution is 5.38. The molecule has 3 rings (SSSR count). The molecule has 0 saturated carbocycles. The van der Waals surface area contributed by atoms with Gasteiger partial charge in [0.15, 0.2) is 0 Å². The lowest BCUT2D eigenvalue weighted by atomic mass is 10.2. The molecule has 4 nitrogen and oxygen atoms in total.